The number of nitrogens with one attached hydrogen (secondary N) is 1. The fourth-order valence-corrected chi connectivity index (χ4v) is 2.12. The van der Waals surface area contributed by atoms with Crippen molar-refractivity contribution in [3.63, 3.8) is 0 Å². The Hall–Kier alpha value is -2.04. The highest BCUT2D eigenvalue weighted by Gasteiger charge is 2.27. The van der Waals surface area contributed by atoms with Crippen LogP contribution in [-0.2, 0) is 16.1 Å². The Labute approximate surface area is 125 Å². The average Bonchev–Trinajstić information content (AvgIpc) is 3.30. The lowest BCUT2D eigenvalue weighted by atomic mass is 10.1. The minimum Gasteiger partial charge on any atom is -0.469 e. The molecule has 1 N–H and O–H groups in total. The van der Waals surface area contributed by atoms with Crippen LogP contribution in [0.15, 0.2) is 30.3 Å². The molecular weight excluding hydrogens is 268 g/mol. The number of hydrogen-bond acceptors (Lipinski definition) is 3. The molecule has 0 unspecified atom stereocenters. The van der Waals surface area contributed by atoms with Crippen molar-refractivity contribution in [2.75, 3.05) is 13.7 Å². The van der Waals surface area contributed by atoms with Gasteiger partial charge in [-0.05, 0) is 18.4 Å². The SMILES string of the molecule is COC(=O)[C@H](C)CN(Cc1ccccc1)C(=O)NC1CC1. The van der Waals surface area contributed by atoms with Crippen LogP contribution in [0.1, 0.15) is 25.3 Å². The van der Waals surface area contributed by atoms with Gasteiger partial charge in [0.15, 0.2) is 0 Å². The molecule has 1 aromatic carbocycles. The Balaban J connectivity index is 2.01. The van der Waals surface area contributed by atoms with Gasteiger partial charge in [0.1, 0.15) is 0 Å². The van der Waals surface area contributed by atoms with Crippen LogP contribution in [0, 0.1) is 5.92 Å². The van der Waals surface area contributed by atoms with Gasteiger partial charge in [-0.25, -0.2) is 4.79 Å². The van der Waals surface area contributed by atoms with Crippen LogP contribution in [0.25, 0.3) is 0 Å². The van der Waals surface area contributed by atoms with Crippen LogP contribution in [0.2, 0.25) is 0 Å². The molecule has 0 saturated heterocycles. The van der Waals surface area contributed by atoms with Crippen LogP contribution in [0.5, 0.6) is 0 Å². The predicted molar refractivity (Wildman–Crippen MR) is 79.6 cm³/mol. The van der Waals surface area contributed by atoms with Crippen molar-refractivity contribution in [2.24, 2.45) is 5.92 Å². The summed E-state index contributed by atoms with van der Waals surface area (Å²) in [7, 11) is 1.37. The van der Waals surface area contributed by atoms with Crippen LogP contribution >= 0.6 is 0 Å². The summed E-state index contributed by atoms with van der Waals surface area (Å²) in [5, 5.41) is 2.97. The van der Waals surface area contributed by atoms with Crippen molar-refractivity contribution >= 4 is 12.0 Å². The highest BCUT2D eigenvalue weighted by Crippen LogP contribution is 2.19. The molecule has 1 aliphatic rings. The number of carbonyl (C=O) groups excluding carboxylic acids is 2. The lowest BCUT2D eigenvalue weighted by Gasteiger charge is -2.25. The zero-order chi connectivity index (χ0) is 15.2. The Morgan fingerprint density at radius 2 is 2.00 bits per heavy atom. The second-order valence-electron chi connectivity index (χ2n) is 5.51. The van der Waals surface area contributed by atoms with Crippen LogP contribution in [-0.4, -0.2) is 36.6 Å². The lowest BCUT2D eigenvalue weighted by molar-refractivity contribution is -0.145. The molecule has 21 heavy (non-hydrogen) atoms. The quantitative estimate of drug-likeness (QED) is 0.817. The van der Waals surface area contributed by atoms with Crippen LogP contribution in [0.4, 0.5) is 4.79 Å². The second kappa shape index (κ2) is 7.11. The van der Waals surface area contributed by atoms with Gasteiger partial charge in [-0.1, -0.05) is 37.3 Å². The second-order valence-corrected chi connectivity index (χ2v) is 5.51. The Kier molecular flexibility index (Phi) is 5.20. The molecule has 0 aliphatic heterocycles. The number of nitrogens with zero attached hydrogens (tertiary/aromatic N) is 1. The number of esters is 1. The predicted octanol–water partition coefficient (Wildman–Crippen LogP) is 2.17. The van der Waals surface area contributed by atoms with E-state index in [9.17, 15) is 9.59 Å². The maximum Gasteiger partial charge on any atom is 0.317 e. The van der Waals surface area contributed by atoms with E-state index in [4.69, 9.17) is 4.74 Å². The van der Waals surface area contributed by atoms with Gasteiger partial charge in [0.2, 0.25) is 0 Å². The van der Waals surface area contributed by atoms with Crippen molar-refractivity contribution in [3.05, 3.63) is 35.9 Å². The number of carbonyl (C=O) groups is 2. The van der Waals surface area contributed by atoms with Gasteiger partial charge >= 0.3 is 12.0 Å². The van der Waals surface area contributed by atoms with Gasteiger partial charge in [-0.2, -0.15) is 0 Å². The molecule has 1 aliphatic carbocycles. The maximum absolute atomic E-state index is 12.3. The molecule has 1 saturated carbocycles. The summed E-state index contributed by atoms with van der Waals surface area (Å²) in [5.41, 5.74) is 1.04. The van der Waals surface area contributed by atoms with Crippen molar-refractivity contribution in [1.29, 1.82) is 0 Å². The third kappa shape index (κ3) is 4.77. The number of amides is 2. The van der Waals surface area contributed by atoms with Gasteiger partial charge < -0.3 is 15.0 Å². The molecule has 5 heteroatoms. The summed E-state index contributed by atoms with van der Waals surface area (Å²) < 4.78 is 4.74. The third-order valence-corrected chi connectivity index (χ3v) is 3.51. The van der Waals surface area contributed by atoms with Gasteiger partial charge in [-0.15, -0.1) is 0 Å². The van der Waals surface area contributed by atoms with E-state index in [1.54, 1.807) is 11.8 Å². The Bertz CT molecular complexity index is 486. The molecule has 0 aromatic heterocycles. The highest BCUT2D eigenvalue weighted by atomic mass is 16.5. The zero-order valence-corrected chi connectivity index (χ0v) is 12.5. The highest BCUT2D eigenvalue weighted by molar-refractivity contribution is 5.77. The molecule has 0 bridgehead atoms. The third-order valence-electron chi connectivity index (χ3n) is 3.51. The maximum atomic E-state index is 12.3. The van der Waals surface area contributed by atoms with Gasteiger partial charge in [0.25, 0.3) is 0 Å². The first kappa shape index (κ1) is 15.4. The first-order valence-corrected chi connectivity index (χ1v) is 7.27. The first-order valence-electron chi connectivity index (χ1n) is 7.27. The summed E-state index contributed by atoms with van der Waals surface area (Å²) in [6, 6.07) is 9.95. The molecular formula is C16H22N2O3. The first-order chi connectivity index (χ1) is 10.1. The minimum atomic E-state index is -0.344. The number of methoxy groups -OCH3 is 1. The van der Waals surface area contributed by atoms with E-state index >= 15 is 0 Å². The molecule has 1 fully saturated rings. The van der Waals surface area contributed by atoms with E-state index in [1.165, 1.54) is 7.11 Å². The number of rotatable bonds is 6. The number of urea groups is 1. The van der Waals surface area contributed by atoms with Gasteiger partial charge in [0.05, 0.1) is 13.0 Å². The molecule has 0 heterocycles. The summed E-state index contributed by atoms with van der Waals surface area (Å²) in [5.74, 6) is -0.643. The summed E-state index contributed by atoms with van der Waals surface area (Å²) in [4.78, 5) is 25.6. The van der Waals surface area contributed by atoms with Crippen LogP contribution in [0.3, 0.4) is 0 Å². The van der Waals surface area contributed by atoms with E-state index in [0.717, 1.165) is 18.4 Å². The summed E-state index contributed by atoms with van der Waals surface area (Å²) in [6.07, 6.45) is 2.08. The van der Waals surface area contributed by atoms with E-state index in [-0.39, 0.29) is 17.9 Å². The molecule has 2 amide bonds. The standard InChI is InChI=1S/C16H22N2O3/c1-12(15(19)21-2)10-18(16(20)17-14-8-9-14)11-13-6-4-3-5-7-13/h3-7,12,14H,8-11H2,1-2H3,(H,17,20)/t12-/m1/s1. The Morgan fingerprint density at radius 1 is 1.33 bits per heavy atom. The summed E-state index contributed by atoms with van der Waals surface area (Å²) in [6.45, 7) is 2.61. The fourth-order valence-electron chi connectivity index (χ4n) is 2.12. The summed E-state index contributed by atoms with van der Waals surface area (Å²) >= 11 is 0. The number of ether oxygens (including phenoxy) is 1. The molecule has 114 valence electrons. The molecule has 0 radical (unpaired) electrons. The van der Waals surface area contributed by atoms with Gasteiger partial charge in [0, 0.05) is 19.1 Å². The van der Waals surface area contributed by atoms with Crippen molar-refractivity contribution in [2.45, 2.75) is 32.4 Å². The van der Waals surface area contributed by atoms with Gasteiger partial charge in [-0.3, -0.25) is 4.79 Å². The smallest absolute Gasteiger partial charge is 0.317 e. The van der Waals surface area contributed by atoms with Crippen molar-refractivity contribution < 1.29 is 14.3 Å². The zero-order valence-electron chi connectivity index (χ0n) is 12.5. The molecule has 2 rings (SSSR count). The van der Waals surface area contributed by atoms with Crippen molar-refractivity contribution in [3.8, 4) is 0 Å². The molecule has 5 nitrogen and oxygen atoms in total. The minimum absolute atomic E-state index is 0.114. The average molecular weight is 290 g/mol. The van der Waals surface area contributed by atoms with Crippen LogP contribution < -0.4 is 5.32 Å². The fraction of sp³-hybridized carbons (Fsp3) is 0.500. The lowest BCUT2D eigenvalue weighted by Crippen LogP contribution is -2.43. The van der Waals surface area contributed by atoms with E-state index in [2.05, 4.69) is 5.32 Å². The molecule has 1 atom stereocenters. The van der Waals surface area contributed by atoms with Crippen molar-refractivity contribution in [1.82, 2.24) is 10.2 Å². The van der Waals surface area contributed by atoms with E-state index < -0.39 is 0 Å². The van der Waals surface area contributed by atoms with E-state index in [1.807, 2.05) is 30.3 Å². The van der Waals surface area contributed by atoms with E-state index in [0.29, 0.717) is 19.1 Å². The molecule has 0 spiro atoms. The largest absolute Gasteiger partial charge is 0.469 e. The molecule has 1 aromatic rings. The Morgan fingerprint density at radius 3 is 2.57 bits per heavy atom. The topological polar surface area (TPSA) is 58.6 Å². The normalized spacial score (nSPS) is 15.1. The number of hydrogen-bond donors (Lipinski definition) is 1. The number of benzene rings is 1. The monoisotopic (exact) mass is 290 g/mol.